The minimum atomic E-state index is -4.24. The summed E-state index contributed by atoms with van der Waals surface area (Å²) in [6.07, 6.45) is -2.73. The van der Waals surface area contributed by atoms with Crippen molar-refractivity contribution in [2.45, 2.75) is 31.5 Å². The molecule has 15 heavy (non-hydrogen) atoms. The third-order valence-corrected chi connectivity index (χ3v) is 2.18. The van der Waals surface area contributed by atoms with E-state index in [0.29, 0.717) is 5.56 Å². The average Bonchev–Trinajstić information content (AvgIpc) is 2.16. The molecule has 0 saturated carbocycles. The molecule has 84 valence electrons. The quantitative estimate of drug-likeness (QED) is 0.847. The van der Waals surface area contributed by atoms with Crippen molar-refractivity contribution in [2.24, 2.45) is 0 Å². The number of halogens is 3. The summed E-state index contributed by atoms with van der Waals surface area (Å²) in [5.74, 6) is 0. The van der Waals surface area contributed by atoms with Gasteiger partial charge in [-0.05, 0) is 19.4 Å². The highest BCUT2D eigenvalue weighted by Gasteiger charge is 2.33. The predicted molar refractivity (Wildman–Crippen MR) is 49.1 cm³/mol. The molecule has 0 aromatic carbocycles. The largest absolute Gasteiger partial charge is 0.389 e. The molecule has 0 spiro atoms. The first-order valence-electron chi connectivity index (χ1n) is 4.51. The van der Waals surface area contributed by atoms with Crippen LogP contribution in [0.1, 0.15) is 25.3 Å². The van der Waals surface area contributed by atoms with Gasteiger partial charge in [0.25, 0.3) is 0 Å². The first-order valence-corrected chi connectivity index (χ1v) is 4.51. The van der Waals surface area contributed by atoms with Crippen LogP contribution in [0.5, 0.6) is 0 Å². The Morgan fingerprint density at radius 1 is 1.33 bits per heavy atom. The Kier molecular flexibility index (Phi) is 3.34. The maximum atomic E-state index is 12.0. The molecular formula is C10H12F3NO. The molecule has 0 aliphatic rings. The second-order valence-electron chi connectivity index (χ2n) is 3.63. The molecule has 1 rings (SSSR count). The van der Waals surface area contributed by atoms with Crippen LogP contribution in [0.3, 0.4) is 0 Å². The first kappa shape index (κ1) is 12.0. The van der Waals surface area contributed by atoms with Crippen LogP contribution < -0.4 is 0 Å². The molecule has 0 saturated heterocycles. The normalized spacial score (nSPS) is 16.1. The number of pyridine rings is 1. The number of aromatic nitrogens is 1. The lowest BCUT2D eigenvalue weighted by molar-refractivity contribution is -0.146. The van der Waals surface area contributed by atoms with E-state index in [1.807, 2.05) is 0 Å². The van der Waals surface area contributed by atoms with E-state index in [1.165, 1.54) is 19.3 Å². The lowest BCUT2D eigenvalue weighted by Gasteiger charge is -2.23. The third kappa shape index (κ3) is 3.87. The fourth-order valence-electron chi connectivity index (χ4n) is 1.21. The van der Waals surface area contributed by atoms with Gasteiger partial charge in [-0.15, -0.1) is 0 Å². The number of nitrogens with zero attached hydrogens (tertiary/aromatic N) is 1. The summed E-state index contributed by atoms with van der Waals surface area (Å²) >= 11 is 0. The lowest BCUT2D eigenvalue weighted by Crippen LogP contribution is -2.24. The summed E-state index contributed by atoms with van der Waals surface area (Å²) in [7, 11) is 0. The number of hydrogen-bond donors (Lipinski definition) is 1. The third-order valence-electron chi connectivity index (χ3n) is 2.18. The SMILES string of the molecule is CC(O)(CCC(F)(F)F)c1cccnc1. The maximum Gasteiger partial charge on any atom is 0.389 e. The van der Waals surface area contributed by atoms with Crippen molar-refractivity contribution < 1.29 is 18.3 Å². The van der Waals surface area contributed by atoms with Crippen molar-refractivity contribution >= 4 is 0 Å². The summed E-state index contributed by atoms with van der Waals surface area (Å²) < 4.78 is 35.9. The van der Waals surface area contributed by atoms with E-state index in [-0.39, 0.29) is 6.42 Å². The Morgan fingerprint density at radius 2 is 2.00 bits per heavy atom. The van der Waals surface area contributed by atoms with E-state index < -0.39 is 18.2 Å². The molecule has 0 aliphatic heterocycles. The van der Waals surface area contributed by atoms with Gasteiger partial charge < -0.3 is 5.11 Å². The molecule has 0 amide bonds. The summed E-state index contributed by atoms with van der Waals surface area (Å²) in [5.41, 5.74) is -1.08. The zero-order valence-corrected chi connectivity index (χ0v) is 8.25. The van der Waals surface area contributed by atoms with Crippen molar-refractivity contribution in [2.75, 3.05) is 0 Å². The van der Waals surface area contributed by atoms with Crippen LogP contribution in [-0.2, 0) is 5.60 Å². The van der Waals surface area contributed by atoms with Gasteiger partial charge >= 0.3 is 6.18 Å². The van der Waals surface area contributed by atoms with Crippen LogP contribution >= 0.6 is 0 Å². The number of rotatable bonds is 3. The topological polar surface area (TPSA) is 33.1 Å². The van der Waals surface area contributed by atoms with Crippen LogP contribution in [0.4, 0.5) is 13.2 Å². The van der Waals surface area contributed by atoms with Crippen LogP contribution in [0, 0.1) is 0 Å². The molecule has 0 fully saturated rings. The molecule has 0 bridgehead atoms. The van der Waals surface area contributed by atoms with Gasteiger partial charge in [-0.2, -0.15) is 13.2 Å². The van der Waals surface area contributed by atoms with Gasteiger partial charge in [0.2, 0.25) is 0 Å². The summed E-state index contributed by atoms with van der Waals surface area (Å²) in [4.78, 5) is 3.75. The molecule has 1 unspecified atom stereocenters. The zero-order chi connectivity index (χ0) is 11.5. The number of hydrogen-bond acceptors (Lipinski definition) is 2. The predicted octanol–water partition coefficient (Wildman–Crippen LogP) is 2.63. The van der Waals surface area contributed by atoms with Gasteiger partial charge in [0.05, 0.1) is 5.60 Å². The van der Waals surface area contributed by atoms with E-state index >= 15 is 0 Å². The summed E-state index contributed by atoms with van der Waals surface area (Å²) in [5, 5.41) is 9.81. The standard InChI is InChI=1S/C10H12F3NO/c1-9(15,4-5-10(11,12)13)8-3-2-6-14-7-8/h2-3,6-7,15H,4-5H2,1H3. The van der Waals surface area contributed by atoms with Crippen molar-refractivity contribution in [3.05, 3.63) is 30.1 Å². The molecule has 1 aromatic rings. The van der Waals surface area contributed by atoms with Crippen LogP contribution in [0.25, 0.3) is 0 Å². The van der Waals surface area contributed by atoms with Gasteiger partial charge in [-0.3, -0.25) is 4.98 Å². The molecule has 0 aliphatic carbocycles. The van der Waals surface area contributed by atoms with E-state index in [4.69, 9.17) is 0 Å². The van der Waals surface area contributed by atoms with Gasteiger partial charge in [0, 0.05) is 24.4 Å². The molecule has 0 radical (unpaired) electrons. The fraction of sp³-hybridized carbons (Fsp3) is 0.500. The average molecular weight is 219 g/mol. The molecule has 2 nitrogen and oxygen atoms in total. The Labute approximate surface area is 85.8 Å². The van der Waals surface area contributed by atoms with Crippen molar-refractivity contribution in [3.63, 3.8) is 0 Å². The lowest BCUT2D eigenvalue weighted by atomic mass is 9.92. The smallest absolute Gasteiger partial charge is 0.385 e. The Bertz CT molecular complexity index is 308. The maximum absolute atomic E-state index is 12.0. The van der Waals surface area contributed by atoms with Gasteiger partial charge in [-0.25, -0.2) is 0 Å². The van der Waals surface area contributed by atoms with E-state index in [1.54, 1.807) is 12.1 Å². The van der Waals surface area contributed by atoms with Crippen LogP contribution in [-0.4, -0.2) is 16.3 Å². The molecule has 1 atom stereocenters. The Hall–Kier alpha value is -1.10. The Balaban J connectivity index is 2.68. The van der Waals surface area contributed by atoms with Crippen LogP contribution in [0.15, 0.2) is 24.5 Å². The van der Waals surface area contributed by atoms with Crippen molar-refractivity contribution in [3.8, 4) is 0 Å². The molecule has 5 heteroatoms. The highest BCUT2D eigenvalue weighted by Crippen LogP contribution is 2.31. The summed E-state index contributed by atoms with van der Waals surface area (Å²) in [6, 6.07) is 3.14. The minimum Gasteiger partial charge on any atom is -0.385 e. The zero-order valence-electron chi connectivity index (χ0n) is 8.25. The second-order valence-corrected chi connectivity index (χ2v) is 3.63. The molecular weight excluding hydrogens is 207 g/mol. The highest BCUT2D eigenvalue weighted by atomic mass is 19.4. The number of aliphatic hydroxyl groups is 1. The van der Waals surface area contributed by atoms with E-state index in [2.05, 4.69) is 4.98 Å². The number of alkyl halides is 3. The van der Waals surface area contributed by atoms with Gasteiger partial charge in [0.1, 0.15) is 0 Å². The molecule has 1 aromatic heterocycles. The monoisotopic (exact) mass is 219 g/mol. The van der Waals surface area contributed by atoms with Crippen LogP contribution in [0.2, 0.25) is 0 Å². The van der Waals surface area contributed by atoms with Gasteiger partial charge in [0.15, 0.2) is 0 Å². The first-order chi connectivity index (χ1) is 6.81. The highest BCUT2D eigenvalue weighted by molar-refractivity contribution is 5.16. The molecule has 1 heterocycles. The van der Waals surface area contributed by atoms with Crippen molar-refractivity contribution in [1.82, 2.24) is 4.98 Å². The molecule has 1 N–H and O–H groups in total. The fourth-order valence-corrected chi connectivity index (χ4v) is 1.21. The second kappa shape index (κ2) is 4.18. The van der Waals surface area contributed by atoms with E-state index in [0.717, 1.165) is 0 Å². The summed E-state index contributed by atoms with van der Waals surface area (Å²) in [6.45, 7) is 1.36. The van der Waals surface area contributed by atoms with E-state index in [9.17, 15) is 18.3 Å². The van der Waals surface area contributed by atoms with Crippen molar-refractivity contribution in [1.29, 1.82) is 0 Å². The minimum absolute atomic E-state index is 0.359. The Morgan fingerprint density at radius 3 is 2.47 bits per heavy atom. The van der Waals surface area contributed by atoms with Gasteiger partial charge in [-0.1, -0.05) is 6.07 Å².